The number of nitrogen functional groups attached to an aromatic ring is 1. The first kappa shape index (κ1) is 15.6. The molecule has 0 saturated heterocycles. The monoisotopic (exact) mass is 327 g/mol. The van der Waals surface area contributed by atoms with Crippen molar-refractivity contribution in [1.82, 2.24) is 20.3 Å². The molecule has 0 bridgehead atoms. The highest BCUT2D eigenvalue weighted by molar-refractivity contribution is 6.32. The Kier molecular flexibility index (Phi) is 4.84. The first-order valence-electron chi connectivity index (χ1n) is 6.06. The van der Waals surface area contributed by atoms with Crippen molar-refractivity contribution < 1.29 is 14.3 Å². The Morgan fingerprint density at radius 3 is 2.86 bits per heavy atom. The molecular weight excluding hydrogens is 314 g/mol. The second kappa shape index (κ2) is 6.80. The maximum atomic E-state index is 10.8. The summed E-state index contributed by atoms with van der Waals surface area (Å²) in [7, 11) is 1.46. The van der Waals surface area contributed by atoms with Crippen LogP contribution in [0.25, 0.3) is 0 Å². The number of carbonyl (C=O) groups excluding carboxylic acids is 1. The van der Waals surface area contributed by atoms with Crippen molar-refractivity contribution in [3.8, 4) is 11.5 Å². The third-order valence-corrected chi connectivity index (χ3v) is 2.86. The van der Waals surface area contributed by atoms with Gasteiger partial charge in [-0.1, -0.05) is 16.7 Å². The number of hydrogen-bond donors (Lipinski definition) is 3. The van der Waals surface area contributed by atoms with E-state index in [0.29, 0.717) is 12.3 Å². The molecule has 1 heterocycles. The number of methoxy groups -OCH3 is 1. The lowest BCUT2D eigenvalue weighted by Gasteiger charge is -2.14. The standard InChI is InChI=1S/C11H14ClN7O3/c1-21-8-3-6(4-15-19-11(14)16-17-18-19)2-7(12)10(8)22-5-9(13)20/h2-3,15H,4-5H2,1H3,(H2,13,20)(H2,14,16,18). The lowest BCUT2D eigenvalue weighted by Crippen LogP contribution is -2.20. The Bertz CT molecular complexity index is 676. The minimum Gasteiger partial charge on any atom is -0.493 e. The fraction of sp³-hybridized carbons (Fsp3) is 0.273. The van der Waals surface area contributed by atoms with Crippen molar-refractivity contribution in [2.45, 2.75) is 6.54 Å². The molecule has 2 aromatic rings. The van der Waals surface area contributed by atoms with E-state index < -0.39 is 5.91 Å². The molecule has 1 aromatic carbocycles. The molecule has 0 atom stereocenters. The van der Waals surface area contributed by atoms with E-state index in [0.717, 1.165) is 5.56 Å². The van der Waals surface area contributed by atoms with Crippen molar-refractivity contribution in [3.05, 3.63) is 22.7 Å². The Hall–Kier alpha value is -2.75. The van der Waals surface area contributed by atoms with E-state index in [9.17, 15) is 4.79 Å². The van der Waals surface area contributed by atoms with Gasteiger partial charge in [0, 0.05) is 0 Å². The molecule has 118 valence electrons. The van der Waals surface area contributed by atoms with Gasteiger partial charge in [-0.3, -0.25) is 4.79 Å². The summed E-state index contributed by atoms with van der Waals surface area (Å²) in [5.74, 6) is 0.126. The van der Waals surface area contributed by atoms with E-state index in [-0.39, 0.29) is 23.3 Å². The third-order valence-electron chi connectivity index (χ3n) is 2.57. The number of benzene rings is 1. The van der Waals surface area contributed by atoms with Gasteiger partial charge in [-0.15, -0.1) is 4.79 Å². The van der Waals surface area contributed by atoms with Crippen molar-refractivity contribution in [2.24, 2.45) is 5.73 Å². The number of anilines is 1. The largest absolute Gasteiger partial charge is 0.493 e. The van der Waals surface area contributed by atoms with Crippen LogP contribution in [0.2, 0.25) is 5.02 Å². The molecule has 11 heteroatoms. The Morgan fingerprint density at radius 1 is 1.50 bits per heavy atom. The average molecular weight is 328 g/mol. The fourth-order valence-corrected chi connectivity index (χ4v) is 1.92. The van der Waals surface area contributed by atoms with E-state index in [4.69, 9.17) is 32.5 Å². The van der Waals surface area contributed by atoms with Crippen LogP contribution in [0.5, 0.6) is 11.5 Å². The number of nitrogens with zero attached hydrogens (tertiary/aromatic N) is 4. The quantitative estimate of drug-likeness (QED) is 0.619. The molecule has 0 fully saturated rings. The van der Waals surface area contributed by atoms with Crippen LogP contribution >= 0.6 is 11.6 Å². The van der Waals surface area contributed by atoms with Gasteiger partial charge in [0.25, 0.3) is 11.9 Å². The summed E-state index contributed by atoms with van der Waals surface area (Å²) in [4.78, 5) is 12.0. The molecule has 0 radical (unpaired) electrons. The molecular formula is C11H14ClN7O3. The summed E-state index contributed by atoms with van der Waals surface area (Å²) in [5.41, 5.74) is 14.2. The number of amides is 1. The van der Waals surface area contributed by atoms with Crippen molar-refractivity contribution in [1.29, 1.82) is 0 Å². The smallest absolute Gasteiger partial charge is 0.260 e. The van der Waals surface area contributed by atoms with Gasteiger partial charge in [0.15, 0.2) is 18.1 Å². The highest BCUT2D eigenvalue weighted by Crippen LogP contribution is 2.36. The van der Waals surface area contributed by atoms with Crippen molar-refractivity contribution in [2.75, 3.05) is 24.9 Å². The zero-order chi connectivity index (χ0) is 16.1. The zero-order valence-corrected chi connectivity index (χ0v) is 12.4. The fourth-order valence-electron chi connectivity index (χ4n) is 1.63. The van der Waals surface area contributed by atoms with E-state index in [1.165, 1.54) is 11.9 Å². The third kappa shape index (κ3) is 3.67. The zero-order valence-electron chi connectivity index (χ0n) is 11.6. The second-order valence-electron chi connectivity index (χ2n) is 4.15. The molecule has 1 aromatic heterocycles. The van der Waals surface area contributed by atoms with Crippen molar-refractivity contribution in [3.63, 3.8) is 0 Å². The second-order valence-corrected chi connectivity index (χ2v) is 4.55. The van der Waals surface area contributed by atoms with Crippen LogP contribution in [0.15, 0.2) is 12.1 Å². The Morgan fingerprint density at radius 2 is 2.27 bits per heavy atom. The molecule has 22 heavy (non-hydrogen) atoms. The molecule has 5 N–H and O–H groups in total. The average Bonchev–Trinajstić information content (AvgIpc) is 2.88. The van der Waals surface area contributed by atoms with E-state index in [1.54, 1.807) is 12.1 Å². The van der Waals surface area contributed by atoms with E-state index in [1.807, 2.05) is 0 Å². The van der Waals surface area contributed by atoms with Crippen LogP contribution in [0.3, 0.4) is 0 Å². The van der Waals surface area contributed by atoms with Crippen LogP contribution in [-0.4, -0.2) is 39.9 Å². The van der Waals surface area contributed by atoms with E-state index in [2.05, 4.69) is 21.0 Å². The number of hydrogen-bond acceptors (Lipinski definition) is 8. The topological polar surface area (TPSA) is 143 Å². The van der Waals surface area contributed by atoms with Gasteiger partial charge in [-0.05, 0) is 28.1 Å². The lowest BCUT2D eigenvalue weighted by atomic mass is 10.2. The van der Waals surface area contributed by atoms with Gasteiger partial charge >= 0.3 is 0 Å². The number of halogens is 1. The first-order chi connectivity index (χ1) is 10.5. The molecule has 0 unspecified atom stereocenters. The van der Waals surface area contributed by atoms with Crippen LogP contribution in [0.1, 0.15) is 5.56 Å². The van der Waals surface area contributed by atoms with Crippen LogP contribution in [0.4, 0.5) is 5.95 Å². The number of tetrazole rings is 1. The number of rotatable bonds is 7. The predicted octanol–water partition coefficient (Wildman–Crippen LogP) is -0.475. The van der Waals surface area contributed by atoms with Crippen LogP contribution < -0.4 is 26.4 Å². The molecule has 0 saturated carbocycles. The van der Waals surface area contributed by atoms with Gasteiger partial charge in [0.2, 0.25) is 0 Å². The maximum absolute atomic E-state index is 10.8. The number of primary amides is 1. The van der Waals surface area contributed by atoms with Crippen LogP contribution in [-0.2, 0) is 11.3 Å². The molecule has 10 nitrogen and oxygen atoms in total. The van der Waals surface area contributed by atoms with Gasteiger partial charge in [0.05, 0.1) is 18.7 Å². The summed E-state index contributed by atoms with van der Waals surface area (Å²) in [6.45, 7) is 0.0380. The Balaban J connectivity index is 2.14. The maximum Gasteiger partial charge on any atom is 0.260 e. The number of carbonyl (C=O) groups is 1. The van der Waals surface area contributed by atoms with Crippen molar-refractivity contribution >= 4 is 23.5 Å². The summed E-state index contributed by atoms with van der Waals surface area (Å²) in [6, 6.07) is 3.34. The number of aromatic nitrogens is 4. The van der Waals surface area contributed by atoms with E-state index >= 15 is 0 Å². The summed E-state index contributed by atoms with van der Waals surface area (Å²) >= 11 is 6.13. The van der Waals surface area contributed by atoms with Gasteiger partial charge in [0.1, 0.15) is 0 Å². The lowest BCUT2D eigenvalue weighted by molar-refractivity contribution is -0.119. The molecule has 0 spiro atoms. The number of ether oxygens (including phenoxy) is 2. The molecule has 0 aliphatic carbocycles. The molecule has 2 rings (SSSR count). The molecule has 0 aliphatic heterocycles. The molecule has 0 aliphatic rings. The Labute approximate surface area is 130 Å². The predicted molar refractivity (Wildman–Crippen MR) is 78.0 cm³/mol. The highest BCUT2D eigenvalue weighted by Gasteiger charge is 2.13. The molecule has 1 amide bonds. The minimum atomic E-state index is -0.613. The van der Waals surface area contributed by atoms with Gasteiger partial charge in [-0.2, -0.15) is 0 Å². The summed E-state index contributed by atoms with van der Waals surface area (Å²) in [5, 5.41) is 10.9. The first-order valence-corrected chi connectivity index (χ1v) is 6.44. The normalized spacial score (nSPS) is 10.3. The highest BCUT2D eigenvalue weighted by atomic mass is 35.5. The number of nitrogens with two attached hydrogens (primary N) is 2. The van der Waals surface area contributed by atoms with Gasteiger partial charge in [-0.25, -0.2) is 0 Å². The SMILES string of the molecule is COc1cc(CNn2nnnc2N)cc(Cl)c1OCC(N)=O. The van der Waals surface area contributed by atoms with Gasteiger partial charge < -0.3 is 26.4 Å². The summed E-state index contributed by atoms with van der Waals surface area (Å²) < 4.78 is 10.4. The van der Waals surface area contributed by atoms with Crippen LogP contribution in [0, 0.1) is 0 Å². The number of nitrogens with one attached hydrogen (secondary N) is 1. The minimum absolute atomic E-state index is 0.125. The summed E-state index contributed by atoms with van der Waals surface area (Å²) in [6.07, 6.45) is 0.